The van der Waals surface area contributed by atoms with Gasteiger partial charge in [0.15, 0.2) is 0 Å². The molecule has 0 aromatic carbocycles. The van der Waals surface area contributed by atoms with Crippen molar-refractivity contribution >= 4 is 6.09 Å². The Morgan fingerprint density at radius 2 is 1.89 bits per heavy atom. The quantitative estimate of drug-likeness (QED) is 0.792. The molecule has 2 aliphatic heterocycles. The van der Waals surface area contributed by atoms with Crippen LogP contribution in [-0.4, -0.2) is 42.3 Å². The molecule has 0 aromatic rings. The molecule has 1 N–H and O–H groups in total. The Morgan fingerprint density at radius 3 is 2.42 bits per heavy atom. The van der Waals surface area contributed by atoms with Crippen LogP contribution in [0.4, 0.5) is 4.79 Å². The maximum Gasteiger partial charge on any atom is 0.410 e. The molecule has 0 aromatic heterocycles. The van der Waals surface area contributed by atoms with Crippen molar-refractivity contribution in [2.45, 2.75) is 58.1 Å². The number of hydrogen-bond donors (Lipinski definition) is 1. The van der Waals surface area contributed by atoms with Gasteiger partial charge in [-0.05, 0) is 65.5 Å². The van der Waals surface area contributed by atoms with Crippen molar-refractivity contribution in [1.82, 2.24) is 10.2 Å². The summed E-state index contributed by atoms with van der Waals surface area (Å²) in [5, 5.41) is 3.44. The zero-order valence-electron chi connectivity index (χ0n) is 12.4. The summed E-state index contributed by atoms with van der Waals surface area (Å²) in [6, 6.07) is 0.449. The summed E-state index contributed by atoms with van der Waals surface area (Å²) in [6.45, 7) is 8.94. The van der Waals surface area contributed by atoms with Gasteiger partial charge in [-0.15, -0.1) is 0 Å². The lowest BCUT2D eigenvalue weighted by Gasteiger charge is -2.59. The van der Waals surface area contributed by atoms with Crippen molar-refractivity contribution in [3.63, 3.8) is 0 Å². The van der Waals surface area contributed by atoms with Crippen molar-refractivity contribution in [2.24, 2.45) is 11.3 Å². The van der Waals surface area contributed by atoms with E-state index in [9.17, 15) is 4.79 Å². The molecule has 1 amide bonds. The highest BCUT2D eigenvalue weighted by Crippen LogP contribution is 2.54. The fourth-order valence-electron chi connectivity index (χ4n) is 3.79. The number of hydrogen-bond acceptors (Lipinski definition) is 3. The predicted octanol–water partition coefficient (Wildman–Crippen LogP) is 2.39. The van der Waals surface area contributed by atoms with Crippen LogP contribution >= 0.6 is 0 Å². The highest BCUT2D eigenvalue weighted by Gasteiger charge is 2.60. The van der Waals surface area contributed by atoms with E-state index in [1.165, 1.54) is 25.7 Å². The van der Waals surface area contributed by atoms with Gasteiger partial charge in [-0.1, -0.05) is 0 Å². The van der Waals surface area contributed by atoms with Crippen LogP contribution in [-0.2, 0) is 4.74 Å². The van der Waals surface area contributed by atoms with Crippen molar-refractivity contribution < 1.29 is 9.53 Å². The molecule has 0 bridgehead atoms. The lowest BCUT2D eigenvalue weighted by Crippen LogP contribution is -2.69. The second kappa shape index (κ2) is 4.37. The Hall–Kier alpha value is -0.770. The average molecular weight is 266 g/mol. The summed E-state index contributed by atoms with van der Waals surface area (Å²) in [5.74, 6) is 0.736. The standard InChI is InChI=1S/C15H26N2O2/c1-14(2,3)19-13(18)17-10-15(6-8-16-9-7-15)12(17)11-4-5-11/h11-12,16H,4-10H2,1-3H3. The van der Waals surface area contributed by atoms with Crippen molar-refractivity contribution in [3.8, 4) is 0 Å². The molecule has 3 aliphatic rings. The van der Waals surface area contributed by atoms with E-state index >= 15 is 0 Å². The van der Waals surface area contributed by atoms with Gasteiger partial charge in [0, 0.05) is 18.0 Å². The molecular weight excluding hydrogens is 240 g/mol. The van der Waals surface area contributed by atoms with E-state index in [2.05, 4.69) is 5.32 Å². The van der Waals surface area contributed by atoms with Gasteiger partial charge in [0.2, 0.25) is 0 Å². The summed E-state index contributed by atoms with van der Waals surface area (Å²) in [4.78, 5) is 14.3. The highest BCUT2D eigenvalue weighted by atomic mass is 16.6. The normalized spacial score (nSPS) is 30.1. The largest absolute Gasteiger partial charge is 0.444 e. The second-order valence-electron chi connectivity index (χ2n) is 7.50. The fraction of sp³-hybridized carbons (Fsp3) is 0.933. The number of carbonyl (C=O) groups excluding carboxylic acids is 1. The number of likely N-dealkylation sites (tertiary alicyclic amines) is 1. The van der Waals surface area contributed by atoms with Gasteiger partial charge in [0.05, 0.1) is 0 Å². The number of amides is 1. The Balaban J connectivity index is 1.69. The molecule has 108 valence electrons. The minimum Gasteiger partial charge on any atom is -0.444 e. The summed E-state index contributed by atoms with van der Waals surface area (Å²) in [5.41, 5.74) is 0.00534. The Morgan fingerprint density at radius 1 is 1.26 bits per heavy atom. The maximum absolute atomic E-state index is 12.3. The third-order valence-electron chi connectivity index (χ3n) is 4.74. The summed E-state index contributed by atoms with van der Waals surface area (Å²) < 4.78 is 5.56. The molecule has 4 nitrogen and oxygen atoms in total. The van der Waals surface area contributed by atoms with Crippen molar-refractivity contribution in [3.05, 3.63) is 0 Å². The van der Waals surface area contributed by atoms with Gasteiger partial charge < -0.3 is 15.0 Å². The zero-order chi connectivity index (χ0) is 13.7. The van der Waals surface area contributed by atoms with E-state index in [4.69, 9.17) is 4.74 Å². The van der Waals surface area contributed by atoms with Crippen LogP contribution in [0.15, 0.2) is 0 Å². The number of carbonyl (C=O) groups is 1. The number of rotatable bonds is 1. The summed E-state index contributed by atoms with van der Waals surface area (Å²) in [6.07, 6.45) is 4.91. The first kappa shape index (κ1) is 13.2. The van der Waals surface area contributed by atoms with Gasteiger partial charge in [-0.25, -0.2) is 4.79 Å². The summed E-state index contributed by atoms with van der Waals surface area (Å²) in [7, 11) is 0. The lowest BCUT2D eigenvalue weighted by molar-refractivity contribution is -0.103. The van der Waals surface area contributed by atoms with Crippen LogP contribution in [0.1, 0.15) is 46.5 Å². The zero-order valence-corrected chi connectivity index (χ0v) is 12.4. The van der Waals surface area contributed by atoms with E-state index < -0.39 is 0 Å². The number of nitrogens with one attached hydrogen (secondary N) is 1. The fourth-order valence-corrected chi connectivity index (χ4v) is 3.79. The van der Waals surface area contributed by atoms with Crippen LogP contribution in [0.5, 0.6) is 0 Å². The smallest absolute Gasteiger partial charge is 0.410 e. The first-order valence-corrected chi connectivity index (χ1v) is 7.62. The molecule has 2 saturated heterocycles. The van der Waals surface area contributed by atoms with E-state index in [1.807, 2.05) is 25.7 Å². The molecule has 3 rings (SSSR count). The van der Waals surface area contributed by atoms with Crippen LogP contribution < -0.4 is 5.32 Å². The molecule has 2 heterocycles. The number of piperidine rings is 1. The first-order chi connectivity index (χ1) is 8.91. The number of nitrogens with zero attached hydrogens (tertiary/aromatic N) is 1. The van der Waals surface area contributed by atoms with Gasteiger partial charge in [-0.2, -0.15) is 0 Å². The molecule has 1 spiro atoms. The topological polar surface area (TPSA) is 41.6 Å². The van der Waals surface area contributed by atoms with Crippen molar-refractivity contribution in [1.29, 1.82) is 0 Å². The van der Waals surface area contributed by atoms with Crippen LogP contribution in [0.25, 0.3) is 0 Å². The van der Waals surface area contributed by atoms with Crippen LogP contribution in [0, 0.1) is 11.3 Å². The van der Waals surface area contributed by atoms with Gasteiger partial charge in [0.1, 0.15) is 5.60 Å². The average Bonchev–Trinajstić information content (AvgIpc) is 3.09. The van der Waals surface area contributed by atoms with E-state index in [-0.39, 0.29) is 11.7 Å². The van der Waals surface area contributed by atoms with Gasteiger partial charge >= 0.3 is 6.09 Å². The third-order valence-corrected chi connectivity index (χ3v) is 4.74. The van der Waals surface area contributed by atoms with E-state index in [0.29, 0.717) is 11.5 Å². The van der Waals surface area contributed by atoms with Gasteiger partial charge in [-0.3, -0.25) is 0 Å². The second-order valence-corrected chi connectivity index (χ2v) is 7.50. The minimum atomic E-state index is -0.387. The van der Waals surface area contributed by atoms with E-state index in [0.717, 1.165) is 25.6 Å². The third kappa shape index (κ3) is 2.47. The molecule has 19 heavy (non-hydrogen) atoms. The molecule has 1 saturated carbocycles. The minimum absolute atomic E-state index is 0.103. The molecule has 3 fully saturated rings. The van der Waals surface area contributed by atoms with Gasteiger partial charge in [0.25, 0.3) is 0 Å². The Labute approximate surface area is 115 Å². The van der Waals surface area contributed by atoms with Crippen molar-refractivity contribution in [2.75, 3.05) is 19.6 Å². The lowest BCUT2D eigenvalue weighted by atomic mass is 9.64. The predicted molar refractivity (Wildman–Crippen MR) is 74.0 cm³/mol. The molecule has 1 atom stereocenters. The molecular formula is C15H26N2O2. The van der Waals surface area contributed by atoms with Crippen LogP contribution in [0.3, 0.4) is 0 Å². The van der Waals surface area contributed by atoms with E-state index in [1.54, 1.807) is 0 Å². The summed E-state index contributed by atoms with van der Waals surface area (Å²) >= 11 is 0. The SMILES string of the molecule is CC(C)(C)OC(=O)N1CC2(CCNCC2)C1C1CC1. The Kier molecular flexibility index (Phi) is 3.04. The molecule has 1 aliphatic carbocycles. The monoisotopic (exact) mass is 266 g/mol. The highest BCUT2D eigenvalue weighted by molar-refractivity contribution is 5.70. The number of ether oxygens (including phenoxy) is 1. The van der Waals surface area contributed by atoms with Crippen LogP contribution in [0.2, 0.25) is 0 Å². The molecule has 0 radical (unpaired) electrons. The Bertz CT molecular complexity index is 365. The maximum atomic E-state index is 12.3. The molecule has 1 unspecified atom stereocenters. The molecule has 4 heteroatoms. The first-order valence-electron chi connectivity index (χ1n) is 7.62.